The number of hydrogen-bond acceptors (Lipinski definition) is 2. The first-order chi connectivity index (χ1) is 9.69. The fourth-order valence-electron chi connectivity index (χ4n) is 2.20. The van der Waals surface area contributed by atoms with Crippen LogP contribution in [-0.4, -0.2) is 9.55 Å². The molecule has 0 bridgehead atoms. The minimum absolute atomic E-state index is 0.212. The van der Waals surface area contributed by atoms with E-state index >= 15 is 0 Å². The lowest BCUT2D eigenvalue weighted by molar-refractivity contribution is 0.619. The van der Waals surface area contributed by atoms with Crippen LogP contribution >= 0.6 is 45.5 Å². The fourth-order valence-corrected chi connectivity index (χ4v) is 3.55. The van der Waals surface area contributed by atoms with Gasteiger partial charge in [0.25, 0.3) is 0 Å². The SMILES string of the molecule is Fc1cc2c(cc1I)nc(CCl)n2CCc1cccs1. The highest BCUT2D eigenvalue weighted by Gasteiger charge is 2.13. The highest BCUT2D eigenvalue weighted by molar-refractivity contribution is 14.1. The van der Waals surface area contributed by atoms with Gasteiger partial charge in [-0.3, -0.25) is 0 Å². The van der Waals surface area contributed by atoms with E-state index in [0.29, 0.717) is 9.45 Å². The molecule has 0 aliphatic carbocycles. The quantitative estimate of drug-likeness (QED) is 0.437. The van der Waals surface area contributed by atoms with E-state index in [4.69, 9.17) is 11.6 Å². The molecule has 0 aliphatic heterocycles. The van der Waals surface area contributed by atoms with E-state index in [2.05, 4.69) is 16.4 Å². The van der Waals surface area contributed by atoms with Crippen LogP contribution in [0, 0.1) is 9.39 Å². The summed E-state index contributed by atoms with van der Waals surface area (Å²) in [5, 5.41) is 2.06. The number of alkyl halides is 1. The fraction of sp³-hybridized carbons (Fsp3) is 0.214. The van der Waals surface area contributed by atoms with Gasteiger partial charge in [0.2, 0.25) is 0 Å². The first kappa shape index (κ1) is 14.3. The van der Waals surface area contributed by atoms with Crippen LogP contribution in [0.25, 0.3) is 11.0 Å². The number of thiophene rings is 1. The van der Waals surface area contributed by atoms with Gasteiger partial charge in [0, 0.05) is 17.5 Å². The second kappa shape index (κ2) is 5.99. The van der Waals surface area contributed by atoms with Gasteiger partial charge in [-0.15, -0.1) is 22.9 Å². The van der Waals surface area contributed by atoms with E-state index in [-0.39, 0.29) is 5.82 Å². The molecule has 2 aromatic heterocycles. The molecule has 20 heavy (non-hydrogen) atoms. The molecule has 3 aromatic rings. The third-order valence-electron chi connectivity index (χ3n) is 3.15. The molecule has 1 aromatic carbocycles. The van der Waals surface area contributed by atoms with Crippen LogP contribution in [0.5, 0.6) is 0 Å². The standard InChI is InChI=1S/C14H11ClFIN2S/c15-8-14-18-12-7-11(17)10(16)6-13(12)19(14)4-3-9-2-1-5-20-9/h1-2,5-7H,3-4,8H2. The molecule has 0 unspecified atom stereocenters. The van der Waals surface area contributed by atoms with Crippen molar-refractivity contribution in [2.24, 2.45) is 0 Å². The molecule has 0 amide bonds. The lowest BCUT2D eigenvalue weighted by Gasteiger charge is -2.07. The number of fused-ring (bicyclic) bond motifs is 1. The predicted molar refractivity (Wildman–Crippen MR) is 90.0 cm³/mol. The Morgan fingerprint density at radius 1 is 1.40 bits per heavy atom. The molecule has 0 aliphatic rings. The summed E-state index contributed by atoms with van der Waals surface area (Å²) < 4.78 is 16.4. The number of imidazole rings is 1. The summed E-state index contributed by atoms with van der Waals surface area (Å²) in [6, 6.07) is 7.46. The van der Waals surface area contributed by atoms with E-state index in [1.165, 1.54) is 4.88 Å². The maximum atomic E-state index is 13.8. The van der Waals surface area contributed by atoms with Crippen molar-refractivity contribution >= 4 is 56.6 Å². The van der Waals surface area contributed by atoms with Crippen LogP contribution in [0.1, 0.15) is 10.7 Å². The minimum Gasteiger partial charge on any atom is -0.327 e. The molecule has 0 spiro atoms. The maximum Gasteiger partial charge on any atom is 0.138 e. The summed E-state index contributed by atoms with van der Waals surface area (Å²) >= 11 is 9.67. The average Bonchev–Trinajstić information content (AvgIpc) is 3.05. The first-order valence-electron chi connectivity index (χ1n) is 6.11. The lowest BCUT2D eigenvalue weighted by atomic mass is 10.3. The molecule has 2 heterocycles. The Morgan fingerprint density at radius 3 is 2.95 bits per heavy atom. The average molecular weight is 421 g/mol. The number of aromatic nitrogens is 2. The van der Waals surface area contributed by atoms with Gasteiger partial charge < -0.3 is 4.57 Å². The molecule has 6 heteroatoms. The zero-order valence-electron chi connectivity index (χ0n) is 10.4. The number of nitrogens with zero attached hydrogens (tertiary/aromatic N) is 2. The summed E-state index contributed by atoms with van der Waals surface area (Å²) in [5.41, 5.74) is 1.62. The van der Waals surface area contributed by atoms with Gasteiger partial charge >= 0.3 is 0 Å². The van der Waals surface area contributed by atoms with Crippen LogP contribution in [0.2, 0.25) is 0 Å². The van der Waals surface area contributed by atoms with Crippen LogP contribution < -0.4 is 0 Å². The summed E-state index contributed by atoms with van der Waals surface area (Å²) in [6.45, 7) is 0.763. The molecule has 0 saturated heterocycles. The lowest BCUT2D eigenvalue weighted by Crippen LogP contribution is -2.04. The molecular formula is C14H11ClFIN2S. The molecule has 0 saturated carbocycles. The number of aryl methyl sites for hydroxylation is 2. The van der Waals surface area contributed by atoms with Crippen molar-refractivity contribution in [3.63, 3.8) is 0 Å². The van der Waals surface area contributed by atoms with Gasteiger partial charge in [-0.05, 0) is 46.5 Å². The summed E-state index contributed by atoms with van der Waals surface area (Å²) in [5.74, 6) is 0.910. The molecule has 3 rings (SSSR count). The smallest absolute Gasteiger partial charge is 0.138 e. The van der Waals surface area contributed by atoms with E-state index < -0.39 is 0 Å². The Kier molecular flexibility index (Phi) is 4.28. The van der Waals surface area contributed by atoms with Crippen molar-refractivity contribution in [3.05, 3.63) is 49.7 Å². The van der Waals surface area contributed by atoms with Crippen LogP contribution in [0.4, 0.5) is 4.39 Å². The topological polar surface area (TPSA) is 17.8 Å². The Hall–Kier alpha value is -0.660. The number of halogens is 3. The summed E-state index contributed by atoms with van der Waals surface area (Å²) in [6.07, 6.45) is 0.903. The summed E-state index contributed by atoms with van der Waals surface area (Å²) in [4.78, 5) is 5.80. The molecule has 0 atom stereocenters. The third kappa shape index (κ3) is 2.71. The van der Waals surface area contributed by atoms with E-state index in [0.717, 1.165) is 29.8 Å². The highest BCUT2D eigenvalue weighted by atomic mass is 127. The highest BCUT2D eigenvalue weighted by Crippen LogP contribution is 2.23. The molecule has 0 fully saturated rings. The van der Waals surface area contributed by atoms with Crippen LogP contribution in [0.3, 0.4) is 0 Å². The van der Waals surface area contributed by atoms with Crippen molar-refractivity contribution in [1.82, 2.24) is 9.55 Å². The Bertz CT molecular complexity index is 739. The van der Waals surface area contributed by atoms with Gasteiger partial charge in [0.05, 0.1) is 20.5 Å². The monoisotopic (exact) mass is 420 g/mol. The Morgan fingerprint density at radius 2 is 2.25 bits per heavy atom. The third-order valence-corrected chi connectivity index (χ3v) is 5.15. The van der Waals surface area contributed by atoms with Gasteiger partial charge in [-0.2, -0.15) is 0 Å². The van der Waals surface area contributed by atoms with Gasteiger partial charge in [-0.25, -0.2) is 9.37 Å². The Labute approximate surface area is 138 Å². The van der Waals surface area contributed by atoms with Gasteiger partial charge in [-0.1, -0.05) is 6.07 Å². The molecule has 0 radical (unpaired) electrons. The minimum atomic E-state index is -0.212. The van der Waals surface area contributed by atoms with Gasteiger partial charge in [0.1, 0.15) is 11.6 Å². The zero-order chi connectivity index (χ0) is 14.1. The number of rotatable bonds is 4. The van der Waals surface area contributed by atoms with E-state index in [1.807, 2.05) is 33.2 Å². The van der Waals surface area contributed by atoms with Crippen molar-refractivity contribution in [1.29, 1.82) is 0 Å². The van der Waals surface area contributed by atoms with E-state index in [9.17, 15) is 4.39 Å². The molecule has 2 nitrogen and oxygen atoms in total. The van der Waals surface area contributed by atoms with Crippen molar-refractivity contribution in [3.8, 4) is 0 Å². The maximum absolute atomic E-state index is 13.8. The Balaban J connectivity index is 2.01. The molecule has 104 valence electrons. The second-order valence-electron chi connectivity index (χ2n) is 4.40. The predicted octanol–water partition coefficient (Wildman–Crippen LogP) is 4.82. The largest absolute Gasteiger partial charge is 0.327 e. The van der Waals surface area contributed by atoms with Crippen molar-refractivity contribution in [2.45, 2.75) is 18.8 Å². The van der Waals surface area contributed by atoms with Crippen LogP contribution in [0.15, 0.2) is 29.6 Å². The normalized spacial score (nSPS) is 11.3. The number of benzene rings is 1. The second-order valence-corrected chi connectivity index (χ2v) is 6.86. The zero-order valence-corrected chi connectivity index (χ0v) is 14.2. The first-order valence-corrected chi connectivity index (χ1v) is 8.61. The van der Waals surface area contributed by atoms with Gasteiger partial charge in [0.15, 0.2) is 0 Å². The van der Waals surface area contributed by atoms with E-state index in [1.54, 1.807) is 23.5 Å². The summed E-state index contributed by atoms with van der Waals surface area (Å²) in [7, 11) is 0. The van der Waals surface area contributed by atoms with Crippen molar-refractivity contribution in [2.75, 3.05) is 0 Å². The van der Waals surface area contributed by atoms with Crippen LogP contribution in [-0.2, 0) is 18.8 Å². The van der Waals surface area contributed by atoms with Crippen molar-refractivity contribution < 1.29 is 4.39 Å². The number of hydrogen-bond donors (Lipinski definition) is 0. The molecular weight excluding hydrogens is 410 g/mol. The molecule has 0 N–H and O–H groups in total.